The summed E-state index contributed by atoms with van der Waals surface area (Å²) < 4.78 is 44.7. The Balaban J connectivity index is 1.72. The van der Waals surface area contributed by atoms with E-state index in [1.807, 2.05) is 36.4 Å². The molecule has 1 aromatic heterocycles. The molecule has 0 spiro atoms. The summed E-state index contributed by atoms with van der Waals surface area (Å²) >= 11 is 0. The Morgan fingerprint density at radius 1 is 0.756 bits per heavy atom. The number of hydrogen-bond acceptors (Lipinski definition) is 13. The van der Waals surface area contributed by atoms with Crippen LogP contribution in [0.25, 0.3) is 22.2 Å². The minimum absolute atomic E-state index is 0.0724. The van der Waals surface area contributed by atoms with E-state index in [0.29, 0.717) is 28.3 Å². The monoisotopic (exact) mass is 625 g/mol. The third-order valence-electron chi connectivity index (χ3n) is 6.83. The molecule has 0 aliphatic carbocycles. The van der Waals surface area contributed by atoms with E-state index in [1.54, 1.807) is 26.4 Å². The second kappa shape index (κ2) is 14.8. The Morgan fingerprint density at radius 3 is 2.04 bits per heavy atom. The fourth-order valence-electron chi connectivity index (χ4n) is 5.01. The third-order valence-corrected chi connectivity index (χ3v) is 6.83. The summed E-state index contributed by atoms with van der Waals surface area (Å²) in [6.07, 6.45) is -6.43. The van der Waals surface area contributed by atoms with E-state index in [2.05, 4.69) is 0 Å². The molecule has 3 aromatic rings. The van der Waals surface area contributed by atoms with Gasteiger partial charge >= 0.3 is 23.9 Å². The van der Waals surface area contributed by atoms with Crippen molar-refractivity contribution in [2.24, 2.45) is 0 Å². The quantitative estimate of drug-likeness (QED) is 0.226. The average molecular weight is 626 g/mol. The van der Waals surface area contributed by atoms with Crippen molar-refractivity contribution in [2.45, 2.75) is 65.0 Å². The summed E-state index contributed by atoms with van der Waals surface area (Å²) in [4.78, 5) is 52.8. The highest BCUT2D eigenvalue weighted by Gasteiger charge is 2.52. The van der Waals surface area contributed by atoms with Crippen molar-refractivity contribution >= 4 is 34.8 Å². The summed E-state index contributed by atoms with van der Waals surface area (Å²) in [5.41, 5.74) is 2.77. The highest BCUT2D eigenvalue weighted by molar-refractivity contribution is 5.85. The fourth-order valence-corrected chi connectivity index (χ4v) is 5.01. The number of carbonyl (C=O) groups is 4. The summed E-state index contributed by atoms with van der Waals surface area (Å²) in [5, 5.41) is 0.785. The van der Waals surface area contributed by atoms with Gasteiger partial charge in [0.15, 0.2) is 36.1 Å². The summed E-state index contributed by atoms with van der Waals surface area (Å²) in [7, 11) is 3.09. The molecule has 1 aliphatic heterocycles. The predicted octanol–water partition coefficient (Wildman–Crippen LogP) is 3.52. The SMILES string of the molecule is COc1ccc(-c2cc(CO[C@@H]3OC(COC(C)=O)[C@@H](OC(C)=O)[C@H](OC(C)=O)C3OC(C)=O)c3ccccc3n2)cc1OC. The molecule has 0 amide bonds. The van der Waals surface area contributed by atoms with Crippen LogP contribution in [0.4, 0.5) is 0 Å². The molecular weight excluding hydrogens is 590 g/mol. The summed E-state index contributed by atoms with van der Waals surface area (Å²) in [6, 6.07) is 14.7. The zero-order chi connectivity index (χ0) is 32.7. The number of esters is 4. The Bertz CT molecular complexity index is 1560. The molecule has 240 valence electrons. The van der Waals surface area contributed by atoms with Gasteiger partial charge in [0.2, 0.25) is 0 Å². The highest BCUT2D eigenvalue weighted by Crippen LogP contribution is 2.34. The maximum absolute atomic E-state index is 12.2. The van der Waals surface area contributed by atoms with Gasteiger partial charge in [-0.15, -0.1) is 0 Å². The van der Waals surface area contributed by atoms with Crippen LogP contribution in [-0.4, -0.2) is 80.4 Å². The summed E-state index contributed by atoms with van der Waals surface area (Å²) in [5.74, 6) is -1.70. The molecule has 2 aromatic carbocycles. The van der Waals surface area contributed by atoms with Crippen LogP contribution in [0.3, 0.4) is 0 Å². The molecule has 45 heavy (non-hydrogen) atoms. The number of carbonyl (C=O) groups excluding carboxylic acids is 4. The van der Waals surface area contributed by atoms with Gasteiger partial charge in [-0.05, 0) is 35.9 Å². The van der Waals surface area contributed by atoms with E-state index < -0.39 is 54.6 Å². The lowest BCUT2D eigenvalue weighted by Crippen LogP contribution is -2.62. The highest BCUT2D eigenvalue weighted by atomic mass is 16.7. The fraction of sp³-hybridized carbons (Fsp3) is 0.406. The third kappa shape index (κ3) is 8.25. The Labute approximate surface area is 259 Å². The Hall–Kier alpha value is -4.75. The van der Waals surface area contributed by atoms with Crippen molar-refractivity contribution in [1.29, 1.82) is 0 Å². The van der Waals surface area contributed by atoms with Crippen LogP contribution in [0.15, 0.2) is 48.5 Å². The molecule has 2 unspecified atom stereocenters. The molecule has 0 saturated carbocycles. The zero-order valence-electron chi connectivity index (χ0n) is 25.8. The minimum Gasteiger partial charge on any atom is -0.493 e. The smallest absolute Gasteiger partial charge is 0.303 e. The van der Waals surface area contributed by atoms with Crippen LogP contribution in [0, 0.1) is 0 Å². The van der Waals surface area contributed by atoms with Gasteiger partial charge < -0.3 is 37.9 Å². The van der Waals surface area contributed by atoms with Gasteiger partial charge in [-0.3, -0.25) is 19.2 Å². The van der Waals surface area contributed by atoms with Crippen molar-refractivity contribution in [1.82, 2.24) is 4.98 Å². The molecular formula is C32H35NO12. The first-order valence-corrected chi connectivity index (χ1v) is 14.0. The van der Waals surface area contributed by atoms with Crippen molar-refractivity contribution in [3.05, 3.63) is 54.1 Å². The van der Waals surface area contributed by atoms with Crippen LogP contribution in [0.5, 0.6) is 11.5 Å². The van der Waals surface area contributed by atoms with E-state index in [4.69, 9.17) is 42.9 Å². The van der Waals surface area contributed by atoms with E-state index >= 15 is 0 Å². The largest absolute Gasteiger partial charge is 0.493 e. The van der Waals surface area contributed by atoms with Crippen LogP contribution in [0.1, 0.15) is 33.3 Å². The molecule has 5 atom stereocenters. The normalized spacial score (nSPS) is 21.0. The number of hydrogen-bond donors (Lipinski definition) is 0. The van der Waals surface area contributed by atoms with Crippen molar-refractivity contribution in [3.8, 4) is 22.8 Å². The Kier molecular flexibility index (Phi) is 10.9. The molecule has 0 bridgehead atoms. The molecule has 1 aliphatic rings. The summed E-state index contributed by atoms with van der Waals surface area (Å²) in [6.45, 7) is 4.24. The van der Waals surface area contributed by atoms with Crippen molar-refractivity contribution < 1.29 is 57.1 Å². The number of nitrogens with zero attached hydrogens (tertiary/aromatic N) is 1. The minimum atomic E-state index is -1.34. The lowest BCUT2D eigenvalue weighted by molar-refractivity contribution is -0.310. The molecule has 0 N–H and O–H groups in total. The number of aromatic nitrogens is 1. The van der Waals surface area contributed by atoms with E-state index in [-0.39, 0.29) is 13.2 Å². The second-order valence-corrected chi connectivity index (χ2v) is 10.1. The second-order valence-electron chi connectivity index (χ2n) is 10.1. The topological polar surface area (TPSA) is 155 Å². The first kappa shape index (κ1) is 33.1. The standard InChI is InChI=1S/C32H35NO12/c1-17(34)40-16-28-29(42-18(2)35)30(43-19(3)36)31(44-20(4)37)32(45-28)41-15-22-13-25(33-24-10-8-7-9-23(22)24)21-11-12-26(38-5)27(14-21)39-6/h7-14,28-32H,15-16H2,1-6H3/t28?,29-,30+,31?,32-/m1/s1. The number of pyridine rings is 1. The van der Waals surface area contributed by atoms with Gasteiger partial charge in [0.1, 0.15) is 12.7 Å². The van der Waals surface area contributed by atoms with E-state index in [1.165, 1.54) is 13.8 Å². The Morgan fingerprint density at radius 2 is 1.40 bits per heavy atom. The van der Waals surface area contributed by atoms with Gasteiger partial charge in [-0.25, -0.2) is 4.98 Å². The van der Waals surface area contributed by atoms with Gasteiger partial charge in [0.05, 0.1) is 32.0 Å². The first-order chi connectivity index (χ1) is 21.5. The van der Waals surface area contributed by atoms with Crippen LogP contribution >= 0.6 is 0 Å². The van der Waals surface area contributed by atoms with Crippen molar-refractivity contribution in [2.75, 3.05) is 20.8 Å². The maximum atomic E-state index is 12.2. The number of benzene rings is 2. The lowest BCUT2D eigenvalue weighted by atomic mass is 9.98. The molecule has 2 heterocycles. The first-order valence-electron chi connectivity index (χ1n) is 14.0. The number of para-hydroxylation sites is 1. The zero-order valence-corrected chi connectivity index (χ0v) is 25.8. The number of fused-ring (bicyclic) bond motifs is 1. The number of methoxy groups -OCH3 is 2. The van der Waals surface area contributed by atoms with Crippen LogP contribution in [0.2, 0.25) is 0 Å². The van der Waals surface area contributed by atoms with Gasteiger partial charge in [0.25, 0.3) is 0 Å². The molecule has 13 heteroatoms. The van der Waals surface area contributed by atoms with Gasteiger partial charge in [0, 0.05) is 38.6 Å². The molecule has 4 rings (SSSR count). The van der Waals surface area contributed by atoms with Crippen LogP contribution < -0.4 is 9.47 Å². The van der Waals surface area contributed by atoms with E-state index in [0.717, 1.165) is 24.8 Å². The average Bonchev–Trinajstić information content (AvgIpc) is 3.00. The van der Waals surface area contributed by atoms with Crippen molar-refractivity contribution in [3.63, 3.8) is 0 Å². The molecule has 1 fully saturated rings. The maximum Gasteiger partial charge on any atom is 0.303 e. The van der Waals surface area contributed by atoms with Gasteiger partial charge in [-0.1, -0.05) is 18.2 Å². The lowest BCUT2D eigenvalue weighted by Gasteiger charge is -2.44. The van der Waals surface area contributed by atoms with Crippen LogP contribution in [-0.2, 0) is 54.2 Å². The molecule has 13 nitrogen and oxygen atoms in total. The van der Waals surface area contributed by atoms with Gasteiger partial charge in [-0.2, -0.15) is 0 Å². The number of rotatable bonds is 11. The van der Waals surface area contributed by atoms with E-state index in [9.17, 15) is 19.2 Å². The molecule has 0 radical (unpaired) electrons. The molecule has 1 saturated heterocycles. The number of ether oxygens (including phenoxy) is 8. The predicted molar refractivity (Wildman–Crippen MR) is 157 cm³/mol.